The highest BCUT2D eigenvalue weighted by atomic mass is 127. The minimum atomic E-state index is -2.88. The Morgan fingerprint density at radius 1 is 0.969 bits per heavy atom. The monoisotopic (exact) mass is 565 g/mol. The Balaban J connectivity index is 0.00000512. The summed E-state index contributed by atoms with van der Waals surface area (Å²) in [6.07, 6.45) is -1.02. The molecule has 2 aromatic carbocycles. The quantitative estimate of drug-likeness (QED) is 0.217. The second kappa shape index (κ2) is 14.7. The Labute approximate surface area is 204 Å². The summed E-state index contributed by atoms with van der Waals surface area (Å²) in [7, 11) is 1.61. The van der Waals surface area contributed by atoms with Crippen LogP contribution in [0.5, 0.6) is 17.2 Å². The van der Waals surface area contributed by atoms with Gasteiger partial charge in [-0.1, -0.05) is 12.1 Å². The number of rotatable bonds is 11. The molecule has 0 aliphatic heterocycles. The van der Waals surface area contributed by atoms with Crippen molar-refractivity contribution in [3.8, 4) is 17.2 Å². The molecule has 0 heterocycles. The van der Waals surface area contributed by atoms with Gasteiger partial charge in [-0.05, 0) is 55.8 Å². The van der Waals surface area contributed by atoms with Crippen LogP contribution in [-0.4, -0.2) is 50.5 Å². The number of aliphatic hydroxyl groups excluding tert-OH is 1. The van der Waals surface area contributed by atoms with E-state index in [0.717, 1.165) is 11.5 Å². The van der Waals surface area contributed by atoms with Gasteiger partial charge in [0.15, 0.2) is 5.96 Å². The van der Waals surface area contributed by atoms with E-state index in [-0.39, 0.29) is 42.4 Å². The number of nitrogens with zero attached hydrogens (tertiary/aromatic N) is 1. The van der Waals surface area contributed by atoms with Crippen LogP contribution in [0, 0.1) is 0 Å². The molecule has 0 amide bonds. The van der Waals surface area contributed by atoms with Crippen molar-refractivity contribution >= 4 is 29.9 Å². The molecule has 2 rings (SSSR count). The summed E-state index contributed by atoms with van der Waals surface area (Å²) in [5.41, 5.74) is 0.553. The van der Waals surface area contributed by atoms with E-state index in [1.54, 1.807) is 7.11 Å². The number of nitrogens with one attached hydrogen (secondary N) is 2. The van der Waals surface area contributed by atoms with Crippen LogP contribution in [0.25, 0.3) is 0 Å². The first-order chi connectivity index (χ1) is 14.9. The van der Waals surface area contributed by atoms with Crippen LogP contribution in [-0.2, 0) is 0 Å². The molecule has 2 atom stereocenters. The predicted molar refractivity (Wildman–Crippen MR) is 131 cm³/mol. The molecule has 7 nitrogen and oxygen atoms in total. The largest absolute Gasteiger partial charge is 0.497 e. The molecule has 10 heteroatoms. The summed E-state index contributed by atoms with van der Waals surface area (Å²) < 4.78 is 39.8. The predicted octanol–water partition coefficient (Wildman–Crippen LogP) is 3.97. The summed E-state index contributed by atoms with van der Waals surface area (Å²) in [6, 6.07) is 13.2. The molecule has 0 aromatic heterocycles. The number of aliphatic imine (C=N–C) groups is 1. The zero-order valence-electron chi connectivity index (χ0n) is 18.3. The van der Waals surface area contributed by atoms with E-state index in [9.17, 15) is 13.9 Å². The molecule has 0 aliphatic carbocycles. The van der Waals surface area contributed by atoms with Gasteiger partial charge in [-0.25, -0.2) is 0 Å². The normalized spacial score (nSPS) is 13.0. The number of alkyl halides is 2. The molecule has 2 aromatic rings. The second-order valence-corrected chi connectivity index (χ2v) is 6.67. The average Bonchev–Trinajstić information content (AvgIpc) is 2.76. The molecule has 0 fully saturated rings. The van der Waals surface area contributed by atoms with Gasteiger partial charge in [0.25, 0.3) is 0 Å². The smallest absolute Gasteiger partial charge is 0.387 e. The van der Waals surface area contributed by atoms with Gasteiger partial charge in [0.1, 0.15) is 23.4 Å². The maximum atomic E-state index is 12.2. The topological polar surface area (TPSA) is 84.3 Å². The lowest BCUT2D eigenvalue weighted by Crippen LogP contribution is -2.42. The Bertz CT molecular complexity index is 808. The van der Waals surface area contributed by atoms with Gasteiger partial charge in [0.05, 0.1) is 26.3 Å². The van der Waals surface area contributed by atoms with Gasteiger partial charge in [-0.3, -0.25) is 4.99 Å². The molecule has 0 bridgehead atoms. The maximum absolute atomic E-state index is 12.2. The van der Waals surface area contributed by atoms with Gasteiger partial charge in [0.2, 0.25) is 0 Å². The highest BCUT2D eigenvalue weighted by Crippen LogP contribution is 2.20. The summed E-state index contributed by atoms with van der Waals surface area (Å²) in [5, 5.41) is 16.6. The minimum absolute atomic E-state index is 0. The number of hydrogen-bond donors (Lipinski definition) is 3. The minimum Gasteiger partial charge on any atom is -0.497 e. The van der Waals surface area contributed by atoms with Crippen molar-refractivity contribution in [3.63, 3.8) is 0 Å². The van der Waals surface area contributed by atoms with Crippen LogP contribution in [0.3, 0.4) is 0 Å². The number of methoxy groups -OCH3 is 1. The Morgan fingerprint density at radius 3 is 2.09 bits per heavy atom. The number of hydrogen-bond acceptors (Lipinski definition) is 5. The third-order valence-corrected chi connectivity index (χ3v) is 4.21. The second-order valence-electron chi connectivity index (χ2n) is 6.67. The summed E-state index contributed by atoms with van der Waals surface area (Å²) >= 11 is 0. The van der Waals surface area contributed by atoms with Gasteiger partial charge >= 0.3 is 6.61 Å². The fourth-order valence-corrected chi connectivity index (χ4v) is 2.66. The number of guanidine groups is 1. The molecule has 0 saturated carbocycles. The Morgan fingerprint density at radius 2 is 1.53 bits per heavy atom. The SMILES string of the molecule is CCNC(=NCC(O)c1ccc(OC(F)F)cc1)NCC(C)Oc1ccc(OC)cc1.I. The van der Waals surface area contributed by atoms with Crippen LogP contribution in [0.15, 0.2) is 53.5 Å². The van der Waals surface area contributed by atoms with Crippen LogP contribution in [0.1, 0.15) is 25.5 Å². The molecular weight excluding hydrogens is 535 g/mol. The van der Waals surface area contributed by atoms with Crippen molar-refractivity contribution in [2.75, 3.05) is 26.7 Å². The average molecular weight is 565 g/mol. The molecule has 32 heavy (non-hydrogen) atoms. The van der Waals surface area contributed by atoms with Crippen molar-refractivity contribution in [1.82, 2.24) is 10.6 Å². The van der Waals surface area contributed by atoms with E-state index in [1.165, 1.54) is 24.3 Å². The van der Waals surface area contributed by atoms with E-state index in [4.69, 9.17) is 9.47 Å². The molecule has 0 saturated heterocycles. The number of aliphatic hydroxyl groups is 1. The molecular formula is C22H30F2IN3O4. The molecule has 2 unspecified atom stereocenters. The van der Waals surface area contributed by atoms with Crippen molar-refractivity contribution in [2.45, 2.75) is 32.7 Å². The summed E-state index contributed by atoms with van der Waals surface area (Å²) in [4.78, 5) is 4.38. The number of ether oxygens (including phenoxy) is 3. The van der Waals surface area contributed by atoms with Crippen LogP contribution in [0.2, 0.25) is 0 Å². The van der Waals surface area contributed by atoms with Crippen LogP contribution >= 0.6 is 24.0 Å². The molecule has 0 spiro atoms. The van der Waals surface area contributed by atoms with Crippen LogP contribution in [0.4, 0.5) is 8.78 Å². The summed E-state index contributed by atoms with van der Waals surface area (Å²) in [6.45, 7) is 2.22. The van der Waals surface area contributed by atoms with E-state index < -0.39 is 12.7 Å². The highest BCUT2D eigenvalue weighted by Gasteiger charge is 2.11. The molecule has 0 aliphatic rings. The number of halogens is 3. The van der Waals surface area contributed by atoms with E-state index in [1.807, 2.05) is 38.1 Å². The molecule has 178 valence electrons. The standard InChI is InChI=1S/C22H29F2N3O4.HI/c1-4-25-22(26-13-15(2)30-18-11-9-17(29-3)10-12-18)27-14-20(28)16-5-7-19(8-6-16)31-21(23)24;/h5-12,15,20-21,28H,4,13-14H2,1-3H3,(H2,25,26,27);1H. The highest BCUT2D eigenvalue weighted by molar-refractivity contribution is 14.0. The van der Waals surface area contributed by atoms with Crippen LogP contribution < -0.4 is 24.8 Å². The Hall–Kier alpha value is -2.34. The maximum Gasteiger partial charge on any atom is 0.387 e. The van der Waals surface area contributed by atoms with E-state index in [2.05, 4.69) is 20.4 Å². The van der Waals surface area contributed by atoms with Gasteiger partial charge < -0.3 is 30.0 Å². The first-order valence-electron chi connectivity index (χ1n) is 9.97. The van der Waals surface area contributed by atoms with Crippen molar-refractivity contribution in [2.24, 2.45) is 4.99 Å². The fraction of sp³-hybridized carbons (Fsp3) is 0.409. The van der Waals surface area contributed by atoms with E-state index >= 15 is 0 Å². The fourth-order valence-electron chi connectivity index (χ4n) is 2.66. The first kappa shape index (κ1) is 27.7. The van der Waals surface area contributed by atoms with Crippen molar-refractivity contribution < 1.29 is 28.1 Å². The van der Waals surface area contributed by atoms with E-state index in [0.29, 0.717) is 24.6 Å². The molecule has 0 radical (unpaired) electrons. The van der Waals surface area contributed by atoms with Crippen molar-refractivity contribution in [3.05, 3.63) is 54.1 Å². The lowest BCUT2D eigenvalue weighted by atomic mass is 10.1. The zero-order chi connectivity index (χ0) is 22.6. The number of benzene rings is 2. The lowest BCUT2D eigenvalue weighted by molar-refractivity contribution is -0.0498. The van der Waals surface area contributed by atoms with Crippen molar-refractivity contribution in [1.29, 1.82) is 0 Å². The van der Waals surface area contributed by atoms with Gasteiger partial charge in [0, 0.05) is 6.54 Å². The Kier molecular flexibility index (Phi) is 12.7. The molecule has 3 N–H and O–H groups in total. The third kappa shape index (κ3) is 9.86. The van der Waals surface area contributed by atoms with Gasteiger partial charge in [-0.2, -0.15) is 8.78 Å². The summed E-state index contributed by atoms with van der Waals surface area (Å²) in [5.74, 6) is 2.06. The lowest BCUT2D eigenvalue weighted by Gasteiger charge is -2.18. The van der Waals surface area contributed by atoms with Gasteiger partial charge in [-0.15, -0.1) is 24.0 Å². The zero-order valence-corrected chi connectivity index (χ0v) is 20.6. The third-order valence-electron chi connectivity index (χ3n) is 4.21. The first-order valence-corrected chi connectivity index (χ1v) is 9.97.